The summed E-state index contributed by atoms with van der Waals surface area (Å²) in [5.74, 6) is -0.373. The Balaban J connectivity index is 2.01. The number of carbonyl (C=O) groups excluding carboxylic acids is 1. The Labute approximate surface area is 162 Å². The predicted octanol–water partition coefficient (Wildman–Crippen LogP) is 3.68. The summed E-state index contributed by atoms with van der Waals surface area (Å²) in [5, 5.41) is 4.32. The minimum atomic E-state index is -0.373. The first-order valence-corrected chi connectivity index (χ1v) is 9.92. The van der Waals surface area contributed by atoms with E-state index in [1.165, 1.54) is 0 Å². The first-order chi connectivity index (χ1) is 12.8. The van der Waals surface area contributed by atoms with Crippen LogP contribution in [0.1, 0.15) is 57.9 Å². The Bertz CT molecular complexity index is 1050. The maximum Gasteiger partial charge on any atom is 0.257 e. The average molecular weight is 385 g/mol. The molecule has 0 unspecified atom stereocenters. The van der Waals surface area contributed by atoms with Crippen LogP contribution >= 0.6 is 11.3 Å². The van der Waals surface area contributed by atoms with Gasteiger partial charge in [-0.05, 0) is 46.2 Å². The fraction of sp³-hybridized carbons (Fsp3) is 0.400. The lowest BCUT2D eigenvalue weighted by molar-refractivity contribution is 0.0934. The fourth-order valence-electron chi connectivity index (χ4n) is 2.98. The molecule has 3 aromatic rings. The third-order valence-electron chi connectivity index (χ3n) is 4.70. The molecular weight excluding hydrogens is 360 g/mol. The van der Waals surface area contributed by atoms with Gasteiger partial charge in [-0.15, -0.1) is 11.3 Å². The molecular formula is C20H24N4O2S. The van der Waals surface area contributed by atoms with Crippen LogP contribution < -0.4 is 10.7 Å². The molecule has 27 heavy (non-hydrogen) atoms. The minimum Gasteiger partial charge on any atom is -0.343 e. The van der Waals surface area contributed by atoms with E-state index in [1.807, 2.05) is 39.2 Å². The van der Waals surface area contributed by atoms with Gasteiger partial charge >= 0.3 is 0 Å². The number of nitrogens with one attached hydrogen (secondary N) is 1. The first kappa shape index (κ1) is 19.2. The molecule has 0 radical (unpaired) electrons. The number of pyridine rings is 2. The highest BCUT2D eigenvalue weighted by atomic mass is 32.1. The molecule has 6 nitrogen and oxygen atoms in total. The lowest BCUT2D eigenvalue weighted by Gasteiger charge is -2.16. The van der Waals surface area contributed by atoms with Gasteiger partial charge in [-0.3, -0.25) is 9.59 Å². The Morgan fingerprint density at radius 3 is 2.56 bits per heavy atom. The third kappa shape index (κ3) is 3.64. The number of aryl methyl sites for hydroxylation is 4. The van der Waals surface area contributed by atoms with Gasteiger partial charge < -0.3 is 9.88 Å². The molecule has 0 aliphatic rings. The minimum absolute atomic E-state index is 0.137. The summed E-state index contributed by atoms with van der Waals surface area (Å²) in [6.07, 6.45) is 2.31. The van der Waals surface area contributed by atoms with Crippen LogP contribution in [0.5, 0.6) is 0 Å². The Hall–Kier alpha value is -2.54. The number of aromatic nitrogens is 3. The van der Waals surface area contributed by atoms with Crippen LogP contribution in [-0.4, -0.2) is 20.4 Å². The standard InChI is InChI=1S/C20H24N4O2S/c1-6-16(20-22-12(4)13(5)27-20)23-19(26)15-10-24(7-2)18-14(17(15)25)9-8-11(3)21-18/h8-10,16H,6-7H2,1-5H3,(H,23,26)/t16-/m1/s1. The summed E-state index contributed by atoms with van der Waals surface area (Å²) in [5.41, 5.74) is 2.27. The van der Waals surface area contributed by atoms with Gasteiger partial charge in [-0.2, -0.15) is 0 Å². The summed E-state index contributed by atoms with van der Waals surface area (Å²) in [6.45, 7) is 10.4. The van der Waals surface area contributed by atoms with Crippen molar-refractivity contribution in [2.24, 2.45) is 0 Å². The van der Waals surface area contributed by atoms with Crippen molar-refractivity contribution in [2.45, 2.75) is 53.6 Å². The van der Waals surface area contributed by atoms with Crippen molar-refractivity contribution in [3.05, 3.63) is 55.4 Å². The van der Waals surface area contributed by atoms with Gasteiger partial charge in [0, 0.05) is 23.3 Å². The second kappa shape index (κ2) is 7.60. The van der Waals surface area contributed by atoms with Gasteiger partial charge in [-0.1, -0.05) is 6.92 Å². The van der Waals surface area contributed by atoms with Crippen molar-refractivity contribution in [3.63, 3.8) is 0 Å². The SMILES string of the molecule is CC[C@@H](NC(=O)c1cn(CC)c2nc(C)ccc2c1=O)c1nc(C)c(C)s1. The average Bonchev–Trinajstić information content (AvgIpc) is 2.98. The topological polar surface area (TPSA) is 76.9 Å². The van der Waals surface area contributed by atoms with E-state index in [1.54, 1.807) is 29.7 Å². The molecule has 0 aromatic carbocycles. The van der Waals surface area contributed by atoms with Gasteiger partial charge in [0.2, 0.25) is 5.43 Å². The first-order valence-electron chi connectivity index (χ1n) is 9.11. The molecule has 0 aliphatic heterocycles. The highest BCUT2D eigenvalue weighted by molar-refractivity contribution is 7.11. The van der Waals surface area contributed by atoms with Crippen LogP contribution in [0.3, 0.4) is 0 Å². The van der Waals surface area contributed by atoms with Gasteiger partial charge in [0.25, 0.3) is 5.91 Å². The molecule has 0 spiro atoms. The van der Waals surface area contributed by atoms with Crippen LogP contribution in [0.15, 0.2) is 23.1 Å². The number of hydrogen-bond acceptors (Lipinski definition) is 5. The Morgan fingerprint density at radius 2 is 1.96 bits per heavy atom. The van der Waals surface area contributed by atoms with Gasteiger partial charge in [0.1, 0.15) is 16.2 Å². The molecule has 1 N–H and O–H groups in total. The molecule has 3 heterocycles. The predicted molar refractivity (Wildman–Crippen MR) is 109 cm³/mol. The van der Waals surface area contributed by atoms with E-state index in [2.05, 4.69) is 15.3 Å². The van der Waals surface area contributed by atoms with Crippen molar-refractivity contribution in [1.29, 1.82) is 0 Å². The molecule has 142 valence electrons. The fourth-order valence-corrected chi connectivity index (χ4v) is 4.04. The highest BCUT2D eigenvalue weighted by Crippen LogP contribution is 2.25. The Morgan fingerprint density at radius 1 is 1.22 bits per heavy atom. The maximum absolute atomic E-state index is 12.9. The van der Waals surface area contributed by atoms with Gasteiger partial charge in [0.05, 0.1) is 17.1 Å². The zero-order valence-corrected chi connectivity index (χ0v) is 17.1. The smallest absolute Gasteiger partial charge is 0.257 e. The van der Waals surface area contributed by atoms with Crippen LogP contribution in [0.2, 0.25) is 0 Å². The van der Waals surface area contributed by atoms with Crippen LogP contribution in [0, 0.1) is 20.8 Å². The summed E-state index contributed by atoms with van der Waals surface area (Å²) in [6, 6.07) is 3.33. The van der Waals surface area contributed by atoms with Gasteiger partial charge in [-0.25, -0.2) is 9.97 Å². The number of hydrogen-bond donors (Lipinski definition) is 1. The van der Waals surface area contributed by atoms with E-state index in [0.717, 1.165) is 21.3 Å². The number of amides is 1. The maximum atomic E-state index is 12.9. The van der Waals surface area contributed by atoms with Crippen LogP contribution in [-0.2, 0) is 6.54 Å². The van der Waals surface area contributed by atoms with Crippen LogP contribution in [0.4, 0.5) is 0 Å². The van der Waals surface area contributed by atoms with Crippen molar-refractivity contribution in [3.8, 4) is 0 Å². The molecule has 0 fully saturated rings. The number of rotatable bonds is 5. The molecule has 3 aromatic heterocycles. The van der Waals surface area contributed by atoms with E-state index in [4.69, 9.17) is 0 Å². The second-order valence-corrected chi connectivity index (χ2v) is 7.84. The molecule has 0 aliphatic carbocycles. The zero-order chi connectivity index (χ0) is 19.7. The quantitative estimate of drug-likeness (QED) is 0.728. The molecule has 0 saturated heterocycles. The van der Waals surface area contributed by atoms with Crippen molar-refractivity contribution < 1.29 is 4.79 Å². The zero-order valence-electron chi connectivity index (χ0n) is 16.3. The summed E-state index contributed by atoms with van der Waals surface area (Å²) in [4.78, 5) is 36.0. The highest BCUT2D eigenvalue weighted by Gasteiger charge is 2.21. The third-order valence-corrected chi connectivity index (χ3v) is 5.89. The van der Waals surface area contributed by atoms with E-state index in [0.29, 0.717) is 24.0 Å². The molecule has 0 saturated carbocycles. The molecule has 1 amide bonds. The van der Waals surface area contributed by atoms with Crippen LogP contribution in [0.25, 0.3) is 11.0 Å². The van der Waals surface area contributed by atoms with Crippen molar-refractivity contribution in [2.75, 3.05) is 0 Å². The van der Waals surface area contributed by atoms with Crippen molar-refractivity contribution in [1.82, 2.24) is 19.9 Å². The number of nitrogens with zero attached hydrogens (tertiary/aromatic N) is 3. The van der Waals surface area contributed by atoms with E-state index >= 15 is 0 Å². The monoisotopic (exact) mass is 384 g/mol. The number of fused-ring (bicyclic) bond motifs is 1. The van der Waals surface area contributed by atoms with Gasteiger partial charge in [0.15, 0.2) is 0 Å². The molecule has 3 rings (SSSR count). The number of carbonyl (C=O) groups is 1. The normalized spacial score (nSPS) is 12.3. The lowest BCUT2D eigenvalue weighted by Crippen LogP contribution is -2.33. The summed E-state index contributed by atoms with van der Waals surface area (Å²) < 4.78 is 1.84. The second-order valence-electron chi connectivity index (χ2n) is 6.61. The summed E-state index contributed by atoms with van der Waals surface area (Å²) in [7, 11) is 0. The molecule has 7 heteroatoms. The number of thiazole rings is 1. The lowest BCUT2D eigenvalue weighted by atomic mass is 10.1. The van der Waals surface area contributed by atoms with E-state index in [9.17, 15) is 9.59 Å². The summed E-state index contributed by atoms with van der Waals surface area (Å²) >= 11 is 1.58. The molecule has 1 atom stereocenters. The largest absolute Gasteiger partial charge is 0.343 e. The van der Waals surface area contributed by atoms with E-state index < -0.39 is 0 Å². The van der Waals surface area contributed by atoms with E-state index in [-0.39, 0.29) is 22.9 Å². The molecule has 0 bridgehead atoms. The van der Waals surface area contributed by atoms with Crippen molar-refractivity contribution >= 4 is 28.3 Å². The Kier molecular flexibility index (Phi) is 5.41.